The Morgan fingerprint density at radius 1 is 1.05 bits per heavy atom. The van der Waals surface area contributed by atoms with Gasteiger partial charge in [0.25, 0.3) is 0 Å². The largest absolute Gasteiger partial charge is 0.338 e. The van der Waals surface area contributed by atoms with Crippen molar-refractivity contribution < 1.29 is 4.52 Å². The lowest BCUT2D eigenvalue weighted by Gasteiger charge is -2.18. The minimum absolute atomic E-state index is 0. The fraction of sp³-hybridized carbons (Fsp3) is 0.500. The summed E-state index contributed by atoms with van der Waals surface area (Å²) in [5.74, 6) is 1.43. The molecule has 0 bridgehead atoms. The molecular weight excluding hydrogens is 366 g/mol. The Balaban J connectivity index is 0.00000144. The molecule has 0 radical (unpaired) electrons. The molecule has 2 aliphatic carbocycles. The maximum atomic E-state index is 6.42. The second kappa shape index (κ2) is 5.62. The van der Waals surface area contributed by atoms with Gasteiger partial charge in [-0.15, -0.1) is 12.4 Å². The second-order valence-electron chi connectivity index (χ2n) is 6.38. The predicted octanol–water partition coefficient (Wildman–Crippen LogP) is 4.06. The molecule has 0 aliphatic heterocycles. The summed E-state index contributed by atoms with van der Waals surface area (Å²) in [5.41, 5.74) is 7.21. The van der Waals surface area contributed by atoms with Gasteiger partial charge in [0.05, 0.1) is 11.0 Å². The van der Waals surface area contributed by atoms with Crippen molar-refractivity contribution in [2.75, 3.05) is 0 Å². The summed E-state index contributed by atoms with van der Waals surface area (Å²) >= 11 is 3.48. The first-order valence-electron chi connectivity index (χ1n) is 7.52. The summed E-state index contributed by atoms with van der Waals surface area (Å²) in [5, 5.41) is 4.20. The van der Waals surface area contributed by atoms with Crippen LogP contribution in [0.4, 0.5) is 0 Å². The lowest BCUT2D eigenvalue weighted by molar-refractivity contribution is 0.337. The fourth-order valence-corrected chi connectivity index (χ4v) is 3.63. The maximum Gasteiger partial charge on any atom is 0.237 e. The van der Waals surface area contributed by atoms with E-state index in [0.29, 0.717) is 5.82 Å². The second-order valence-corrected chi connectivity index (χ2v) is 7.29. The minimum atomic E-state index is -0.377. The fourth-order valence-electron chi connectivity index (χ4n) is 3.37. The van der Waals surface area contributed by atoms with E-state index < -0.39 is 0 Å². The van der Waals surface area contributed by atoms with Crippen molar-refractivity contribution in [3.8, 4) is 0 Å². The smallest absolute Gasteiger partial charge is 0.237 e. The van der Waals surface area contributed by atoms with Gasteiger partial charge in [-0.25, -0.2) is 0 Å². The average molecular weight is 385 g/mol. The van der Waals surface area contributed by atoms with Crippen LogP contribution in [0.15, 0.2) is 33.3 Å². The number of nitrogens with two attached hydrogens (primary N) is 1. The van der Waals surface area contributed by atoms with Crippen LogP contribution in [0.5, 0.6) is 0 Å². The standard InChI is InChI=1S/C16H18BrN3O.ClH/c17-12-5-3-11(4-6-12)15(9-10-15)14-19-13(20-21-14)16(18)7-1-2-8-16;/h3-6H,1-2,7-10,18H2;1H. The summed E-state index contributed by atoms with van der Waals surface area (Å²) in [6, 6.07) is 8.39. The van der Waals surface area contributed by atoms with Crippen LogP contribution in [0.25, 0.3) is 0 Å². The van der Waals surface area contributed by atoms with Crippen molar-refractivity contribution in [1.82, 2.24) is 10.1 Å². The first-order chi connectivity index (χ1) is 10.1. The number of hydrogen-bond donors (Lipinski definition) is 1. The Labute approximate surface area is 144 Å². The first-order valence-corrected chi connectivity index (χ1v) is 8.31. The lowest BCUT2D eigenvalue weighted by Crippen LogP contribution is -2.34. The predicted molar refractivity (Wildman–Crippen MR) is 90.0 cm³/mol. The monoisotopic (exact) mass is 383 g/mol. The molecule has 1 heterocycles. The van der Waals surface area contributed by atoms with E-state index in [0.717, 1.165) is 48.9 Å². The van der Waals surface area contributed by atoms with Gasteiger partial charge in [-0.2, -0.15) is 4.98 Å². The van der Waals surface area contributed by atoms with E-state index in [-0.39, 0.29) is 23.4 Å². The van der Waals surface area contributed by atoms with Gasteiger partial charge in [-0.1, -0.05) is 46.1 Å². The van der Waals surface area contributed by atoms with Crippen molar-refractivity contribution in [2.24, 2.45) is 5.73 Å². The Kier molecular flexibility index (Phi) is 4.08. The summed E-state index contributed by atoms with van der Waals surface area (Å²) in [4.78, 5) is 4.68. The Morgan fingerprint density at radius 3 is 2.27 bits per heavy atom. The van der Waals surface area contributed by atoms with Crippen molar-refractivity contribution in [1.29, 1.82) is 0 Å². The zero-order valence-electron chi connectivity index (χ0n) is 12.2. The van der Waals surface area contributed by atoms with E-state index in [1.165, 1.54) is 5.56 Å². The third-order valence-corrected chi connectivity index (χ3v) is 5.45. The Bertz CT molecular complexity index is 660. The van der Waals surface area contributed by atoms with Crippen LogP contribution in [0.1, 0.15) is 55.8 Å². The normalized spacial score (nSPS) is 21.4. The van der Waals surface area contributed by atoms with Gasteiger partial charge < -0.3 is 10.3 Å². The van der Waals surface area contributed by atoms with Crippen LogP contribution < -0.4 is 5.73 Å². The van der Waals surface area contributed by atoms with E-state index >= 15 is 0 Å². The summed E-state index contributed by atoms with van der Waals surface area (Å²) in [6.45, 7) is 0. The zero-order valence-corrected chi connectivity index (χ0v) is 14.6. The molecule has 0 atom stereocenters. The molecule has 2 N–H and O–H groups in total. The van der Waals surface area contributed by atoms with Crippen molar-refractivity contribution in [3.63, 3.8) is 0 Å². The SMILES string of the molecule is Cl.NC1(c2noc(C3(c4ccc(Br)cc4)CC3)n2)CCCC1. The quantitative estimate of drug-likeness (QED) is 0.866. The highest BCUT2D eigenvalue weighted by molar-refractivity contribution is 9.10. The van der Waals surface area contributed by atoms with E-state index in [2.05, 4.69) is 50.3 Å². The van der Waals surface area contributed by atoms with Crippen LogP contribution in [-0.2, 0) is 11.0 Å². The number of aromatic nitrogens is 2. The van der Waals surface area contributed by atoms with E-state index in [9.17, 15) is 0 Å². The molecule has 0 unspecified atom stereocenters. The molecule has 2 saturated carbocycles. The van der Waals surface area contributed by atoms with Crippen LogP contribution >= 0.6 is 28.3 Å². The topological polar surface area (TPSA) is 64.9 Å². The van der Waals surface area contributed by atoms with Crippen LogP contribution in [-0.4, -0.2) is 10.1 Å². The van der Waals surface area contributed by atoms with Crippen molar-refractivity contribution >= 4 is 28.3 Å². The minimum Gasteiger partial charge on any atom is -0.338 e. The third kappa shape index (κ3) is 2.49. The molecule has 2 fully saturated rings. The Morgan fingerprint density at radius 2 is 1.68 bits per heavy atom. The molecule has 0 amide bonds. The highest BCUT2D eigenvalue weighted by Gasteiger charge is 2.51. The van der Waals surface area contributed by atoms with Crippen LogP contribution in [0, 0.1) is 0 Å². The molecule has 4 nitrogen and oxygen atoms in total. The molecule has 2 aliphatic rings. The summed E-state index contributed by atoms with van der Waals surface area (Å²) in [7, 11) is 0. The molecular formula is C16H19BrClN3O. The van der Waals surface area contributed by atoms with Gasteiger partial charge in [-0.3, -0.25) is 0 Å². The Hall–Kier alpha value is -0.910. The van der Waals surface area contributed by atoms with Gasteiger partial charge in [0.15, 0.2) is 5.82 Å². The van der Waals surface area contributed by atoms with E-state index in [1.54, 1.807) is 0 Å². The van der Waals surface area contributed by atoms with Crippen molar-refractivity contribution in [2.45, 2.75) is 49.5 Å². The molecule has 4 rings (SSSR count). The summed E-state index contributed by atoms with van der Waals surface area (Å²) < 4.78 is 6.68. The van der Waals surface area contributed by atoms with Gasteiger partial charge >= 0.3 is 0 Å². The molecule has 6 heteroatoms. The van der Waals surface area contributed by atoms with Gasteiger partial charge in [0.2, 0.25) is 5.89 Å². The average Bonchev–Trinajstić information content (AvgIpc) is 2.93. The number of hydrogen-bond acceptors (Lipinski definition) is 4. The van der Waals surface area contributed by atoms with Gasteiger partial charge in [-0.05, 0) is 43.4 Å². The van der Waals surface area contributed by atoms with Crippen molar-refractivity contribution in [3.05, 3.63) is 46.0 Å². The third-order valence-electron chi connectivity index (χ3n) is 4.92. The first kappa shape index (κ1) is 16.0. The lowest BCUT2D eigenvalue weighted by atomic mass is 9.95. The van der Waals surface area contributed by atoms with E-state index in [4.69, 9.17) is 10.3 Å². The van der Waals surface area contributed by atoms with Crippen LogP contribution in [0.2, 0.25) is 0 Å². The number of nitrogens with zero attached hydrogens (tertiary/aromatic N) is 2. The molecule has 0 saturated heterocycles. The molecule has 1 aromatic heterocycles. The highest BCUT2D eigenvalue weighted by atomic mass is 79.9. The van der Waals surface area contributed by atoms with E-state index in [1.807, 2.05) is 0 Å². The molecule has 2 aromatic rings. The maximum absolute atomic E-state index is 6.42. The van der Waals surface area contributed by atoms with Crippen LogP contribution in [0.3, 0.4) is 0 Å². The number of rotatable bonds is 3. The molecule has 22 heavy (non-hydrogen) atoms. The van der Waals surface area contributed by atoms with Gasteiger partial charge in [0.1, 0.15) is 0 Å². The molecule has 0 spiro atoms. The molecule has 1 aromatic carbocycles. The molecule has 118 valence electrons. The number of halogens is 2. The number of benzene rings is 1. The van der Waals surface area contributed by atoms with Gasteiger partial charge in [0, 0.05) is 4.47 Å². The highest BCUT2D eigenvalue weighted by Crippen LogP contribution is 2.53. The zero-order chi connectivity index (χ0) is 14.5. The summed E-state index contributed by atoms with van der Waals surface area (Å²) in [6.07, 6.45) is 6.34.